The zero-order valence-electron chi connectivity index (χ0n) is 9.16. The standard InChI is InChI=1S/C10H14NO4P/c1-9(15-16(2,12)13)11-14-8-10-6-4-3-5-7-10/h3-7H,8H2,1-2H3,(H,12,13). The van der Waals surface area contributed by atoms with Gasteiger partial charge in [0.15, 0.2) is 0 Å². The number of oxime groups is 1. The molecule has 0 amide bonds. The number of nitrogens with zero attached hydrogens (tertiary/aromatic N) is 1. The van der Waals surface area contributed by atoms with Gasteiger partial charge >= 0.3 is 7.60 Å². The predicted octanol–water partition coefficient (Wildman–Crippen LogP) is 2.37. The van der Waals surface area contributed by atoms with Crippen molar-refractivity contribution >= 4 is 13.5 Å². The van der Waals surface area contributed by atoms with Gasteiger partial charge in [-0.05, 0) is 5.56 Å². The molecule has 1 atom stereocenters. The van der Waals surface area contributed by atoms with Crippen molar-refractivity contribution in [1.29, 1.82) is 0 Å². The van der Waals surface area contributed by atoms with E-state index in [4.69, 9.17) is 9.73 Å². The topological polar surface area (TPSA) is 68.1 Å². The molecule has 6 heteroatoms. The molecular weight excluding hydrogens is 229 g/mol. The predicted molar refractivity (Wildman–Crippen MR) is 61.2 cm³/mol. The molecule has 0 aromatic heterocycles. The molecule has 1 aromatic carbocycles. The van der Waals surface area contributed by atoms with E-state index in [0.717, 1.165) is 12.2 Å². The minimum atomic E-state index is -3.54. The van der Waals surface area contributed by atoms with Crippen LogP contribution in [-0.4, -0.2) is 17.5 Å². The fourth-order valence-corrected chi connectivity index (χ4v) is 1.56. The summed E-state index contributed by atoms with van der Waals surface area (Å²) in [4.78, 5) is 13.9. The van der Waals surface area contributed by atoms with Crippen LogP contribution >= 0.6 is 7.60 Å². The molecule has 16 heavy (non-hydrogen) atoms. The summed E-state index contributed by atoms with van der Waals surface area (Å²) in [5.74, 6) is 0.0317. The Balaban J connectivity index is 2.40. The third-order valence-electron chi connectivity index (χ3n) is 1.57. The maximum Gasteiger partial charge on any atom is 0.374 e. The van der Waals surface area contributed by atoms with Gasteiger partial charge in [-0.25, -0.2) is 4.57 Å². The summed E-state index contributed by atoms with van der Waals surface area (Å²) < 4.78 is 15.5. The van der Waals surface area contributed by atoms with E-state index in [1.807, 2.05) is 30.3 Å². The minimum absolute atomic E-state index is 0.0317. The zero-order chi connectivity index (χ0) is 12.0. The highest BCUT2D eigenvalue weighted by Gasteiger charge is 2.12. The van der Waals surface area contributed by atoms with Gasteiger partial charge in [-0.2, -0.15) is 0 Å². The fraction of sp³-hybridized carbons (Fsp3) is 0.300. The normalized spacial score (nSPS) is 15.3. The van der Waals surface area contributed by atoms with Gasteiger partial charge in [0, 0.05) is 13.6 Å². The molecule has 0 aliphatic rings. The SMILES string of the molecule is CC(=NOCc1ccccc1)OP(C)(=O)O. The molecule has 0 heterocycles. The summed E-state index contributed by atoms with van der Waals surface area (Å²) in [6.45, 7) is 2.83. The molecule has 0 saturated carbocycles. The van der Waals surface area contributed by atoms with E-state index in [9.17, 15) is 4.57 Å². The number of rotatable bonds is 4. The van der Waals surface area contributed by atoms with Crippen LogP contribution in [0.4, 0.5) is 0 Å². The maximum atomic E-state index is 10.9. The van der Waals surface area contributed by atoms with Gasteiger partial charge in [-0.15, -0.1) is 0 Å². The third kappa shape index (κ3) is 5.53. The van der Waals surface area contributed by atoms with E-state index in [1.54, 1.807) is 0 Å². The van der Waals surface area contributed by atoms with E-state index in [2.05, 4.69) is 9.68 Å². The minimum Gasteiger partial charge on any atom is -0.407 e. The first-order chi connectivity index (χ1) is 7.47. The maximum absolute atomic E-state index is 10.9. The lowest BCUT2D eigenvalue weighted by Gasteiger charge is -2.07. The molecule has 1 aromatic rings. The first kappa shape index (κ1) is 12.7. The van der Waals surface area contributed by atoms with Gasteiger partial charge in [-0.1, -0.05) is 35.5 Å². The van der Waals surface area contributed by atoms with E-state index >= 15 is 0 Å². The van der Waals surface area contributed by atoms with Gasteiger partial charge in [0.05, 0.1) is 0 Å². The highest BCUT2D eigenvalue weighted by molar-refractivity contribution is 7.52. The Labute approximate surface area is 94.2 Å². The molecule has 0 aliphatic heterocycles. The average molecular weight is 243 g/mol. The summed E-state index contributed by atoms with van der Waals surface area (Å²) in [5.41, 5.74) is 0.961. The fourth-order valence-electron chi connectivity index (χ4n) is 1.03. The molecule has 5 nitrogen and oxygen atoms in total. The van der Waals surface area contributed by atoms with Crippen LogP contribution in [0.25, 0.3) is 0 Å². The summed E-state index contributed by atoms with van der Waals surface area (Å²) in [7, 11) is -3.54. The second kappa shape index (κ2) is 5.68. The molecule has 0 aliphatic carbocycles. The molecule has 0 fully saturated rings. The average Bonchev–Trinajstić information content (AvgIpc) is 2.16. The lowest BCUT2D eigenvalue weighted by molar-refractivity contribution is 0.124. The van der Waals surface area contributed by atoms with E-state index < -0.39 is 7.60 Å². The molecule has 1 N–H and O–H groups in total. The zero-order valence-corrected chi connectivity index (χ0v) is 10.1. The van der Waals surface area contributed by atoms with Gasteiger partial charge in [0.2, 0.25) is 5.90 Å². The second-order valence-electron chi connectivity index (χ2n) is 3.26. The first-order valence-corrected chi connectivity index (χ1v) is 6.70. The number of hydrogen-bond donors (Lipinski definition) is 1. The van der Waals surface area contributed by atoms with E-state index in [-0.39, 0.29) is 5.90 Å². The van der Waals surface area contributed by atoms with Crippen molar-refractivity contribution in [3.8, 4) is 0 Å². The summed E-state index contributed by atoms with van der Waals surface area (Å²) in [6, 6.07) is 9.46. The number of benzene rings is 1. The van der Waals surface area contributed by atoms with Crippen molar-refractivity contribution in [2.45, 2.75) is 13.5 Å². The summed E-state index contributed by atoms with van der Waals surface area (Å²) >= 11 is 0. The van der Waals surface area contributed by atoms with Crippen molar-refractivity contribution in [1.82, 2.24) is 0 Å². The number of hydrogen-bond acceptors (Lipinski definition) is 4. The quantitative estimate of drug-likeness (QED) is 0.381. The molecule has 0 radical (unpaired) electrons. The summed E-state index contributed by atoms with van der Waals surface area (Å²) in [6.07, 6.45) is 0. The van der Waals surface area contributed by atoms with E-state index in [1.165, 1.54) is 6.92 Å². The van der Waals surface area contributed by atoms with Crippen LogP contribution in [0.1, 0.15) is 12.5 Å². The molecule has 88 valence electrons. The van der Waals surface area contributed by atoms with Crippen LogP contribution in [0.15, 0.2) is 35.5 Å². The van der Waals surface area contributed by atoms with Crippen molar-refractivity contribution in [2.75, 3.05) is 6.66 Å². The van der Waals surface area contributed by atoms with Gasteiger partial charge in [0.1, 0.15) is 6.61 Å². The van der Waals surface area contributed by atoms with Crippen molar-refractivity contribution in [3.63, 3.8) is 0 Å². The van der Waals surface area contributed by atoms with Gasteiger partial charge < -0.3 is 14.3 Å². The molecule has 0 saturated heterocycles. The van der Waals surface area contributed by atoms with Crippen molar-refractivity contribution in [3.05, 3.63) is 35.9 Å². The summed E-state index contributed by atoms with van der Waals surface area (Å²) in [5, 5.41) is 3.57. The lowest BCUT2D eigenvalue weighted by Crippen LogP contribution is -1.98. The smallest absolute Gasteiger partial charge is 0.374 e. The van der Waals surface area contributed by atoms with Crippen LogP contribution in [0.5, 0.6) is 0 Å². The van der Waals surface area contributed by atoms with Gasteiger partial charge in [0.25, 0.3) is 0 Å². The lowest BCUT2D eigenvalue weighted by atomic mass is 10.2. The highest BCUT2D eigenvalue weighted by atomic mass is 31.2. The van der Waals surface area contributed by atoms with E-state index in [0.29, 0.717) is 6.61 Å². The largest absolute Gasteiger partial charge is 0.407 e. The second-order valence-corrected chi connectivity index (χ2v) is 5.05. The Morgan fingerprint density at radius 2 is 2.06 bits per heavy atom. The highest BCUT2D eigenvalue weighted by Crippen LogP contribution is 2.36. The Morgan fingerprint density at radius 3 is 2.62 bits per heavy atom. The monoisotopic (exact) mass is 243 g/mol. The first-order valence-electron chi connectivity index (χ1n) is 4.68. The van der Waals surface area contributed by atoms with Crippen molar-refractivity contribution < 1.29 is 18.8 Å². The molecule has 1 unspecified atom stereocenters. The van der Waals surface area contributed by atoms with Crippen LogP contribution in [0.3, 0.4) is 0 Å². The molecule has 1 rings (SSSR count). The Hall–Kier alpha value is -1.32. The third-order valence-corrected chi connectivity index (χ3v) is 2.17. The van der Waals surface area contributed by atoms with Crippen LogP contribution in [0.2, 0.25) is 0 Å². The Morgan fingerprint density at radius 1 is 1.44 bits per heavy atom. The van der Waals surface area contributed by atoms with Crippen molar-refractivity contribution in [2.24, 2.45) is 5.16 Å². The Bertz CT molecular complexity index is 399. The molecule has 0 spiro atoms. The van der Waals surface area contributed by atoms with Gasteiger partial charge in [-0.3, -0.25) is 0 Å². The van der Waals surface area contributed by atoms with Crippen LogP contribution in [-0.2, 0) is 20.5 Å². The van der Waals surface area contributed by atoms with Crippen LogP contribution in [0, 0.1) is 0 Å². The molecule has 0 bridgehead atoms. The van der Waals surface area contributed by atoms with Crippen LogP contribution < -0.4 is 0 Å². The molecular formula is C10H14NO4P. The Kier molecular flexibility index (Phi) is 4.52.